The lowest BCUT2D eigenvalue weighted by atomic mass is 10.1. The molecule has 0 heterocycles. The molecule has 0 fully saturated rings. The Labute approximate surface area is 147 Å². The van der Waals surface area contributed by atoms with Crippen LogP contribution in [0.5, 0.6) is 0 Å². The zero-order valence-electron chi connectivity index (χ0n) is 13.5. The van der Waals surface area contributed by atoms with Crippen molar-refractivity contribution in [3.8, 4) is 0 Å². The molecule has 0 spiro atoms. The topological polar surface area (TPSA) is 75.3 Å². The molecule has 5 nitrogen and oxygen atoms in total. The third kappa shape index (κ3) is 5.54. The number of anilines is 1. The van der Waals surface area contributed by atoms with E-state index in [0.29, 0.717) is 29.2 Å². The van der Waals surface area contributed by atoms with Gasteiger partial charge in [0.05, 0.1) is 11.9 Å². The first-order valence-corrected chi connectivity index (χ1v) is 9.62. The van der Waals surface area contributed by atoms with Gasteiger partial charge >= 0.3 is 0 Å². The lowest BCUT2D eigenvalue weighted by Gasteiger charge is -2.10. The minimum absolute atomic E-state index is 0.250. The summed E-state index contributed by atoms with van der Waals surface area (Å²) in [4.78, 5) is 12.2. The Morgan fingerprint density at radius 1 is 1.12 bits per heavy atom. The van der Waals surface area contributed by atoms with E-state index in [9.17, 15) is 13.2 Å². The number of carbonyl (C=O) groups excluding carboxylic acids is 1. The SMILES string of the molecule is Cc1ccc(C(=O)NCCc2ccc(Cl)cc2)cc1NS(C)(=O)=O. The summed E-state index contributed by atoms with van der Waals surface area (Å²) in [6.07, 6.45) is 1.76. The first kappa shape index (κ1) is 18.3. The van der Waals surface area contributed by atoms with Crippen molar-refractivity contribution in [3.05, 3.63) is 64.2 Å². The standard InChI is InChI=1S/C17H19ClN2O3S/c1-12-3-6-14(11-16(12)20-24(2,22)23)17(21)19-10-9-13-4-7-15(18)8-5-13/h3-8,11,20H,9-10H2,1-2H3,(H,19,21). The summed E-state index contributed by atoms with van der Waals surface area (Å²) in [5.41, 5.74) is 2.63. The highest BCUT2D eigenvalue weighted by molar-refractivity contribution is 7.92. The Hall–Kier alpha value is -2.05. The van der Waals surface area contributed by atoms with Crippen molar-refractivity contribution in [1.82, 2.24) is 5.32 Å². The molecule has 0 radical (unpaired) electrons. The summed E-state index contributed by atoms with van der Waals surface area (Å²) in [6.45, 7) is 2.25. The fraction of sp³-hybridized carbons (Fsp3) is 0.235. The Kier molecular flexibility index (Phi) is 5.85. The molecule has 0 bridgehead atoms. The predicted octanol–water partition coefficient (Wildman–Crippen LogP) is 2.99. The summed E-state index contributed by atoms with van der Waals surface area (Å²) < 4.78 is 25.1. The van der Waals surface area contributed by atoms with E-state index < -0.39 is 10.0 Å². The maximum Gasteiger partial charge on any atom is 0.251 e. The summed E-state index contributed by atoms with van der Waals surface area (Å²) >= 11 is 5.83. The van der Waals surface area contributed by atoms with Crippen LogP contribution in [0.25, 0.3) is 0 Å². The van der Waals surface area contributed by atoms with Gasteiger partial charge in [0.15, 0.2) is 0 Å². The van der Waals surface area contributed by atoms with Crippen molar-refractivity contribution in [1.29, 1.82) is 0 Å². The van der Waals surface area contributed by atoms with Crippen LogP contribution in [0.15, 0.2) is 42.5 Å². The van der Waals surface area contributed by atoms with Crippen LogP contribution in [0.1, 0.15) is 21.5 Å². The molecule has 1 amide bonds. The lowest BCUT2D eigenvalue weighted by molar-refractivity contribution is 0.0954. The molecule has 0 saturated heterocycles. The summed E-state index contributed by atoms with van der Waals surface area (Å²) in [5.74, 6) is -0.250. The van der Waals surface area contributed by atoms with Gasteiger partial charge in [0, 0.05) is 17.1 Å². The van der Waals surface area contributed by atoms with Crippen LogP contribution < -0.4 is 10.0 Å². The molecule has 0 aromatic heterocycles. The molecule has 0 saturated carbocycles. The zero-order chi connectivity index (χ0) is 17.7. The third-order valence-electron chi connectivity index (χ3n) is 3.41. The highest BCUT2D eigenvalue weighted by Gasteiger charge is 2.10. The van der Waals surface area contributed by atoms with Crippen LogP contribution >= 0.6 is 11.6 Å². The molecule has 2 N–H and O–H groups in total. The third-order valence-corrected chi connectivity index (χ3v) is 4.25. The number of benzene rings is 2. The van der Waals surface area contributed by atoms with Crippen LogP contribution in [0.3, 0.4) is 0 Å². The van der Waals surface area contributed by atoms with E-state index in [1.54, 1.807) is 19.1 Å². The molecule has 24 heavy (non-hydrogen) atoms. The van der Waals surface area contributed by atoms with Gasteiger partial charge in [0.2, 0.25) is 10.0 Å². The van der Waals surface area contributed by atoms with Gasteiger partial charge < -0.3 is 5.32 Å². The molecule has 2 aromatic carbocycles. The molecular formula is C17H19ClN2O3S. The van der Waals surface area contributed by atoms with Gasteiger partial charge in [-0.15, -0.1) is 0 Å². The van der Waals surface area contributed by atoms with Gasteiger partial charge in [-0.05, 0) is 48.7 Å². The van der Waals surface area contributed by atoms with E-state index >= 15 is 0 Å². The maximum absolute atomic E-state index is 12.2. The zero-order valence-corrected chi connectivity index (χ0v) is 15.0. The second-order valence-electron chi connectivity index (χ2n) is 5.54. The quantitative estimate of drug-likeness (QED) is 0.825. The number of carbonyl (C=O) groups is 1. The van der Waals surface area contributed by atoms with Crippen molar-refractivity contribution in [2.45, 2.75) is 13.3 Å². The number of nitrogens with one attached hydrogen (secondary N) is 2. The Bertz CT molecular complexity index is 833. The molecule has 128 valence electrons. The largest absolute Gasteiger partial charge is 0.352 e. The minimum atomic E-state index is -3.39. The smallest absolute Gasteiger partial charge is 0.251 e. The fourth-order valence-corrected chi connectivity index (χ4v) is 2.89. The second kappa shape index (κ2) is 7.68. The molecule has 0 aliphatic carbocycles. The number of rotatable bonds is 6. The van der Waals surface area contributed by atoms with E-state index in [1.165, 1.54) is 6.07 Å². The van der Waals surface area contributed by atoms with Crippen LogP contribution in [0, 0.1) is 6.92 Å². The van der Waals surface area contributed by atoms with Crippen molar-refractivity contribution in [2.75, 3.05) is 17.5 Å². The van der Waals surface area contributed by atoms with Crippen molar-refractivity contribution in [3.63, 3.8) is 0 Å². The van der Waals surface area contributed by atoms with Crippen LogP contribution in [0.2, 0.25) is 5.02 Å². The molecule has 2 aromatic rings. The maximum atomic E-state index is 12.2. The van der Waals surface area contributed by atoms with E-state index in [1.807, 2.05) is 24.3 Å². The first-order valence-electron chi connectivity index (χ1n) is 7.36. The number of hydrogen-bond donors (Lipinski definition) is 2. The summed E-state index contributed by atoms with van der Waals surface area (Å²) in [7, 11) is -3.39. The Balaban J connectivity index is 1.99. The highest BCUT2D eigenvalue weighted by Crippen LogP contribution is 2.18. The predicted molar refractivity (Wildman–Crippen MR) is 97.1 cm³/mol. The van der Waals surface area contributed by atoms with Crippen LogP contribution in [-0.4, -0.2) is 27.1 Å². The molecule has 0 atom stereocenters. The molecular weight excluding hydrogens is 348 g/mol. The van der Waals surface area contributed by atoms with Gasteiger partial charge in [-0.2, -0.15) is 0 Å². The first-order chi connectivity index (χ1) is 11.2. The van der Waals surface area contributed by atoms with E-state index in [4.69, 9.17) is 11.6 Å². The number of sulfonamides is 1. The van der Waals surface area contributed by atoms with Crippen LogP contribution in [0.4, 0.5) is 5.69 Å². The van der Waals surface area contributed by atoms with Gasteiger partial charge in [-0.3, -0.25) is 9.52 Å². The van der Waals surface area contributed by atoms with Gasteiger partial charge in [-0.1, -0.05) is 29.8 Å². The minimum Gasteiger partial charge on any atom is -0.352 e. The lowest BCUT2D eigenvalue weighted by Crippen LogP contribution is -2.26. The molecule has 2 rings (SSSR count). The number of hydrogen-bond acceptors (Lipinski definition) is 3. The van der Waals surface area contributed by atoms with Crippen molar-refractivity contribution >= 4 is 33.2 Å². The normalized spacial score (nSPS) is 11.1. The molecule has 0 unspecified atom stereocenters. The summed E-state index contributed by atoms with van der Waals surface area (Å²) in [5, 5.41) is 3.50. The van der Waals surface area contributed by atoms with E-state index in [0.717, 1.165) is 17.4 Å². The Morgan fingerprint density at radius 3 is 2.42 bits per heavy atom. The monoisotopic (exact) mass is 366 g/mol. The molecule has 0 aliphatic rings. The average molecular weight is 367 g/mol. The number of aryl methyl sites for hydroxylation is 1. The van der Waals surface area contributed by atoms with E-state index in [2.05, 4.69) is 10.0 Å². The van der Waals surface area contributed by atoms with Gasteiger partial charge in [0.1, 0.15) is 0 Å². The Morgan fingerprint density at radius 2 is 1.79 bits per heavy atom. The van der Waals surface area contributed by atoms with Gasteiger partial charge in [0.25, 0.3) is 5.91 Å². The van der Waals surface area contributed by atoms with Gasteiger partial charge in [-0.25, -0.2) is 8.42 Å². The number of halogens is 1. The number of amides is 1. The molecule has 7 heteroatoms. The highest BCUT2D eigenvalue weighted by atomic mass is 35.5. The average Bonchev–Trinajstić information content (AvgIpc) is 2.50. The fourth-order valence-electron chi connectivity index (χ4n) is 2.15. The van der Waals surface area contributed by atoms with Crippen molar-refractivity contribution < 1.29 is 13.2 Å². The van der Waals surface area contributed by atoms with Crippen LogP contribution in [-0.2, 0) is 16.4 Å². The molecule has 0 aliphatic heterocycles. The van der Waals surface area contributed by atoms with Crippen molar-refractivity contribution in [2.24, 2.45) is 0 Å². The van der Waals surface area contributed by atoms with E-state index in [-0.39, 0.29) is 5.91 Å². The summed E-state index contributed by atoms with van der Waals surface area (Å²) in [6, 6.07) is 12.3. The second-order valence-corrected chi connectivity index (χ2v) is 7.72.